The summed E-state index contributed by atoms with van der Waals surface area (Å²) in [7, 11) is 0. The zero-order valence-electron chi connectivity index (χ0n) is 20.0. The average molecular weight is 532 g/mol. The van der Waals surface area contributed by atoms with Crippen LogP contribution < -0.4 is 5.43 Å². The van der Waals surface area contributed by atoms with Gasteiger partial charge in [0.25, 0.3) is 0 Å². The van der Waals surface area contributed by atoms with Crippen molar-refractivity contribution in [3.05, 3.63) is 46.1 Å². The second-order valence-electron chi connectivity index (χ2n) is 8.66. The van der Waals surface area contributed by atoms with E-state index in [0.717, 1.165) is 32.0 Å². The summed E-state index contributed by atoms with van der Waals surface area (Å²) >= 11 is 0. The number of ether oxygens (including phenoxy) is 3. The highest BCUT2D eigenvalue weighted by Gasteiger charge is 2.49. The topological polar surface area (TPSA) is 213 Å². The van der Waals surface area contributed by atoms with Crippen molar-refractivity contribution in [2.75, 3.05) is 6.61 Å². The van der Waals surface area contributed by atoms with E-state index >= 15 is 0 Å². The zero-order valence-corrected chi connectivity index (χ0v) is 20.0. The molecule has 13 heteroatoms. The van der Waals surface area contributed by atoms with E-state index in [4.69, 9.17) is 18.6 Å². The molecule has 2 aromatic carbocycles. The molecule has 4 rings (SSSR count). The van der Waals surface area contributed by atoms with E-state index in [1.54, 1.807) is 0 Å². The van der Waals surface area contributed by atoms with Crippen LogP contribution in [0.3, 0.4) is 0 Å². The van der Waals surface area contributed by atoms with Crippen molar-refractivity contribution in [2.45, 2.75) is 44.4 Å². The van der Waals surface area contributed by atoms with Crippen LogP contribution in [0.25, 0.3) is 22.3 Å². The van der Waals surface area contributed by atoms with Crippen molar-refractivity contribution in [1.29, 1.82) is 0 Å². The summed E-state index contributed by atoms with van der Waals surface area (Å²) in [4.78, 5) is 36.0. The van der Waals surface area contributed by atoms with Crippen molar-refractivity contribution in [1.82, 2.24) is 0 Å². The minimum Gasteiger partial charge on any atom is -0.507 e. The number of carbonyl (C=O) groups excluding carboxylic acids is 2. The summed E-state index contributed by atoms with van der Waals surface area (Å²) in [6.07, 6.45) is -8.10. The lowest BCUT2D eigenvalue weighted by Gasteiger charge is -2.42. The molecule has 1 aliphatic rings. The van der Waals surface area contributed by atoms with E-state index in [9.17, 15) is 45.0 Å². The number of aromatic hydroxyl groups is 4. The minimum absolute atomic E-state index is 0.0592. The Balaban J connectivity index is 1.84. The van der Waals surface area contributed by atoms with Crippen molar-refractivity contribution in [3.63, 3.8) is 0 Å². The fourth-order valence-electron chi connectivity index (χ4n) is 4.24. The van der Waals surface area contributed by atoms with Gasteiger partial charge in [0.1, 0.15) is 59.3 Å². The smallest absolute Gasteiger partial charge is 0.303 e. The molecule has 0 aliphatic carbocycles. The van der Waals surface area contributed by atoms with Gasteiger partial charge in [-0.15, -0.1) is 0 Å². The molecular weight excluding hydrogens is 508 g/mol. The Bertz CT molecular complexity index is 1460. The third-order valence-corrected chi connectivity index (χ3v) is 6.00. The normalized spacial score (nSPS) is 23.2. The van der Waals surface area contributed by atoms with Crippen LogP contribution >= 0.6 is 0 Å². The van der Waals surface area contributed by atoms with Gasteiger partial charge in [-0.1, -0.05) is 0 Å². The van der Waals surface area contributed by atoms with E-state index < -0.39 is 88.4 Å². The molecule has 1 fully saturated rings. The number of aliphatic hydroxyl groups is 2. The first-order chi connectivity index (χ1) is 17.9. The van der Waals surface area contributed by atoms with Gasteiger partial charge in [-0.25, -0.2) is 0 Å². The predicted octanol–water partition coefficient (Wildman–Crippen LogP) is 0.939. The van der Waals surface area contributed by atoms with Gasteiger partial charge >= 0.3 is 11.9 Å². The molecule has 1 saturated heterocycles. The number of carbonyl (C=O) groups is 2. The Labute approximate surface area is 213 Å². The van der Waals surface area contributed by atoms with Crippen LogP contribution in [0.2, 0.25) is 0 Å². The monoisotopic (exact) mass is 532 g/mol. The van der Waals surface area contributed by atoms with Crippen molar-refractivity contribution < 1.29 is 58.9 Å². The second kappa shape index (κ2) is 10.2. The number of benzene rings is 2. The minimum atomic E-state index is -1.80. The molecule has 2 heterocycles. The molecule has 202 valence electrons. The van der Waals surface area contributed by atoms with Gasteiger partial charge in [-0.3, -0.25) is 14.4 Å². The van der Waals surface area contributed by atoms with Gasteiger partial charge in [0.2, 0.25) is 0 Å². The lowest BCUT2D eigenvalue weighted by Crippen LogP contribution is -2.56. The highest BCUT2D eigenvalue weighted by atomic mass is 16.6. The number of hydrogen-bond acceptors (Lipinski definition) is 13. The van der Waals surface area contributed by atoms with Crippen molar-refractivity contribution in [2.24, 2.45) is 0 Å². The van der Waals surface area contributed by atoms with Crippen molar-refractivity contribution in [3.8, 4) is 34.3 Å². The summed E-state index contributed by atoms with van der Waals surface area (Å²) in [5.74, 6) is -4.01. The number of rotatable bonds is 5. The van der Waals surface area contributed by atoms with Crippen molar-refractivity contribution >= 4 is 22.9 Å². The molecule has 1 aromatic heterocycles. The first-order valence-corrected chi connectivity index (χ1v) is 11.3. The van der Waals surface area contributed by atoms with Gasteiger partial charge in [-0.2, -0.15) is 0 Å². The van der Waals surface area contributed by atoms with Crippen LogP contribution in [0.5, 0.6) is 23.0 Å². The molecule has 13 nitrogen and oxygen atoms in total. The summed E-state index contributed by atoms with van der Waals surface area (Å²) < 4.78 is 21.3. The first kappa shape index (κ1) is 26.7. The molecule has 6 N–H and O–H groups in total. The van der Waals surface area contributed by atoms with Crippen LogP contribution in [0.1, 0.15) is 25.5 Å². The number of phenolic OH excluding ortho intramolecular Hbond substituents is 4. The molecule has 0 radical (unpaired) electrons. The second-order valence-corrected chi connectivity index (χ2v) is 8.66. The largest absolute Gasteiger partial charge is 0.507 e. The quantitative estimate of drug-likeness (QED) is 0.200. The number of hydrogen-bond donors (Lipinski definition) is 6. The van der Waals surface area contributed by atoms with E-state index in [0.29, 0.717) is 0 Å². The fourth-order valence-corrected chi connectivity index (χ4v) is 4.24. The summed E-state index contributed by atoms with van der Waals surface area (Å²) in [6.45, 7) is 1.62. The first-order valence-electron chi connectivity index (χ1n) is 11.3. The fraction of sp³-hybridized carbons (Fsp3) is 0.320. The Morgan fingerprint density at radius 1 is 0.921 bits per heavy atom. The molecule has 5 atom stereocenters. The number of aliphatic hydroxyl groups excluding tert-OH is 2. The number of fused-ring (bicyclic) bond motifs is 1. The number of esters is 2. The van der Waals surface area contributed by atoms with Gasteiger partial charge in [0.15, 0.2) is 23.0 Å². The average Bonchev–Trinajstić information content (AvgIpc) is 2.83. The van der Waals surface area contributed by atoms with Crippen LogP contribution in [0, 0.1) is 0 Å². The Morgan fingerprint density at radius 3 is 2.26 bits per heavy atom. The van der Waals surface area contributed by atoms with E-state index in [1.807, 2.05) is 0 Å². The number of phenols is 4. The zero-order chi connectivity index (χ0) is 27.9. The molecule has 0 amide bonds. The summed E-state index contributed by atoms with van der Waals surface area (Å²) in [5.41, 5.74) is -1.29. The van der Waals surface area contributed by atoms with Gasteiger partial charge in [0.05, 0.1) is 5.56 Å². The van der Waals surface area contributed by atoms with Crippen LogP contribution in [0.15, 0.2) is 39.5 Å². The maximum atomic E-state index is 13.0. The lowest BCUT2D eigenvalue weighted by molar-refractivity contribution is -0.242. The van der Waals surface area contributed by atoms with Gasteiger partial charge < -0.3 is 49.3 Å². The lowest BCUT2D eigenvalue weighted by atomic mass is 9.89. The van der Waals surface area contributed by atoms with E-state index in [-0.39, 0.29) is 16.9 Å². The van der Waals surface area contributed by atoms with Gasteiger partial charge in [-0.05, 0) is 18.2 Å². The molecule has 1 aliphatic heterocycles. The molecule has 3 aromatic rings. The van der Waals surface area contributed by atoms with Crippen LogP contribution in [-0.4, -0.2) is 73.6 Å². The molecular formula is C25H24O13. The molecule has 0 saturated carbocycles. The predicted molar refractivity (Wildman–Crippen MR) is 126 cm³/mol. The third kappa shape index (κ3) is 4.94. The molecule has 38 heavy (non-hydrogen) atoms. The molecule has 0 spiro atoms. The molecule has 0 bridgehead atoms. The van der Waals surface area contributed by atoms with Gasteiger partial charge in [0, 0.05) is 31.5 Å². The SMILES string of the molecule is CC(=O)OCC1OC(c2c(O)cc3oc(-c4ccc(O)c(O)c4)cc(=O)c3c2O)C(OC(C)=O)C(O)C1O. The standard InChI is InChI=1S/C25H24O13/c1-9(26)35-8-18-21(32)23(34)25(36-10(2)27)24(38-18)20-15(31)7-17-19(22(20)33)14(30)6-16(37-17)11-3-4-12(28)13(29)5-11/h3-7,18,21,23-25,28-29,31-34H,8H2,1-2H3. The third-order valence-electron chi connectivity index (χ3n) is 6.00. The Morgan fingerprint density at radius 2 is 1.63 bits per heavy atom. The molecule has 5 unspecified atom stereocenters. The summed E-state index contributed by atoms with van der Waals surface area (Å²) in [5, 5.41) is 61.9. The van der Waals surface area contributed by atoms with Crippen LogP contribution in [0.4, 0.5) is 0 Å². The Kier molecular flexibility index (Phi) is 7.18. The summed E-state index contributed by atoms with van der Waals surface area (Å²) in [6, 6.07) is 5.67. The Hall–Kier alpha value is -4.33. The highest BCUT2D eigenvalue weighted by Crippen LogP contribution is 2.45. The maximum absolute atomic E-state index is 13.0. The van der Waals surface area contributed by atoms with E-state index in [1.165, 1.54) is 12.1 Å². The maximum Gasteiger partial charge on any atom is 0.303 e. The van der Waals surface area contributed by atoms with E-state index in [2.05, 4.69) is 0 Å². The highest BCUT2D eigenvalue weighted by molar-refractivity contribution is 5.88. The van der Waals surface area contributed by atoms with Crippen LogP contribution in [-0.2, 0) is 23.8 Å².